The number of ether oxygens (including phenoxy) is 1. The Morgan fingerprint density at radius 2 is 1.95 bits per heavy atom. The first-order chi connectivity index (χ1) is 10.1. The minimum Gasteiger partial charge on any atom is -0.496 e. The summed E-state index contributed by atoms with van der Waals surface area (Å²) in [5.74, 6) is 0.812. The van der Waals surface area contributed by atoms with E-state index < -0.39 is 4.92 Å². The van der Waals surface area contributed by atoms with Crippen molar-refractivity contribution in [2.45, 2.75) is 18.9 Å². The van der Waals surface area contributed by atoms with Gasteiger partial charge in [0.1, 0.15) is 5.75 Å². The molecule has 0 aliphatic heterocycles. The maximum atomic E-state index is 10.8. The van der Waals surface area contributed by atoms with Crippen molar-refractivity contribution in [3.05, 3.63) is 69.8 Å². The third kappa shape index (κ3) is 4.03. The molecular formula is C16H18N2O3. The van der Waals surface area contributed by atoms with Gasteiger partial charge in [-0.3, -0.25) is 10.1 Å². The van der Waals surface area contributed by atoms with Gasteiger partial charge in [0.2, 0.25) is 0 Å². The molecule has 1 atom stereocenters. The van der Waals surface area contributed by atoms with E-state index in [1.807, 2.05) is 30.3 Å². The summed E-state index contributed by atoms with van der Waals surface area (Å²) in [6.45, 7) is 0. The lowest BCUT2D eigenvalue weighted by molar-refractivity contribution is -0.384. The van der Waals surface area contributed by atoms with Gasteiger partial charge in [0.25, 0.3) is 5.69 Å². The first kappa shape index (κ1) is 15.0. The average Bonchev–Trinajstić information content (AvgIpc) is 2.48. The van der Waals surface area contributed by atoms with E-state index in [1.165, 1.54) is 6.07 Å². The van der Waals surface area contributed by atoms with Crippen LogP contribution in [0.3, 0.4) is 0 Å². The van der Waals surface area contributed by atoms with Crippen molar-refractivity contribution in [1.82, 2.24) is 0 Å². The molecule has 5 nitrogen and oxygen atoms in total. The van der Waals surface area contributed by atoms with Crippen LogP contribution in [0.15, 0.2) is 48.5 Å². The monoisotopic (exact) mass is 286 g/mol. The molecule has 0 fully saturated rings. The summed E-state index contributed by atoms with van der Waals surface area (Å²) < 4.78 is 5.30. The molecule has 5 heteroatoms. The van der Waals surface area contributed by atoms with E-state index in [2.05, 4.69) is 0 Å². The predicted molar refractivity (Wildman–Crippen MR) is 81.5 cm³/mol. The second-order valence-corrected chi connectivity index (χ2v) is 4.91. The molecule has 0 saturated carbocycles. The molecule has 0 aliphatic rings. The Labute approximate surface area is 123 Å². The molecule has 0 saturated heterocycles. The van der Waals surface area contributed by atoms with Crippen LogP contribution in [-0.2, 0) is 12.8 Å². The van der Waals surface area contributed by atoms with Crippen molar-refractivity contribution in [2.24, 2.45) is 5.73 Å². The number of non-ortho nitro benzene ring substituents is 1. The third-order valence-electron chi connectivity index (χ3n) is 3.29. The van der Waals surface area contributed by atoms with Crippen LogP contribution in [0.5, 0.6) is 5.75 Å². The molecule has 0 bridgehead atoms. The zero-order chi connectivity index (χ0) is 15.2. The lowest BCUT2D eigenvalue weighted by atomic mass is 9.99. The zero-order valence-electron chi connectivity index (χ0n) is 11.9. The Kier molecular flexibility index (Phi) is 4.90. The summed E-state index contributed by atoms with van der Waals surface area (Å²) >= 11 is 0. The maximum Gasteiger partial charge on any atom is 0.269 e. The molecule has 0 amide bonds. The first-order valence-electron chi connectivity index (χ1n) is 6.71. The van der Waals surface area contributed by atoms with Gasteiger partial charge in [0, 0.05) is 18.2 Å². The average molecular weight is 286 g/mol. The van der Waals surface area contributed by atoms with Crippen molar-refractivity contribution in [3.63, 3.8) is 0 Å². The second kappa shape index (κ2) is 6.85. The number of methoxy groups -OCH3 is 1. The van der Waals surface area contributed by atoms with Crippen LogP contribution in [0.25, 0.3) is 0 Å². The van der Waals surface area contributed by atoms with E-state index in [1.54, 1.807) is 19.2 Å². The van der Waals surface area contributed by atoms with E-state index in [0.717, 1.165) is 16.9 Å². The summed E-state index contributed by atoms with van der Waals surface area (Å²) in [6, 6.07) is 14.2. The van der Waals surface area contributed by atoms with E-state index >= 15 is 0 Å². The zero-order valence-corrected chi connectivity index (χ0v) is 11.9. The molecule has 2 aromatic carbocycles. The van der Waals surface area contributed by atoms with Crippen molar-refractivity contribution in [3.8, 4) is 5.75 Å². The van der Waals surface area contributed by atoms with E-state index in [-0.39, 0.29) is 11.7 Å². The van der Waals surface area contributed by atoms with Gasteiger partial charge in [0.15, 0.2) is 0 Å². The third-order valence-corrected chi connectivity index (χ3v) is 3.29. The molecule has 0 aromatic heterocycles. The Morgan fingerprint density at radius 3 is 2.67 bits per heavy atom. The number of benzene rings is 2. The lowest BCUT2D eigenvalue weighted by Crippen LogP contribution is -2.25. The number of nitrogens with two attached hydrogens (primary N) is 1. The standard InChI is InChI=1S/C16H18N2O3/c1-21-16-8-3-2-6-13(16)11-14(17)9-12-5-4-7-15(10-12)18(19)20/h2-8,10,14H,9,11,17H2,1H3. The quantitative estimate of drug-likeness (QED) is 0.654. The van der Waals surface area contributed by atoms with Crippen LogP contribution in [0.4, 0.5) is 5.69 Å². The van der Waals surface area contributed by atoms with Crippen LogP contribution in [0.2, 0.25) is 0 Å². The first-order valence-corrected chi connectivity index (χ1v) is 6.71. The highest BCUT2D eigenvalue weighted by Gasteiger charge is 2.11. The normalized spacial score (nSPS) is 11.9. The van der Waals surface area contributed by atoms with E-state index in [4.69, 9.17) is 10.5 Å². The number of para-hydroxylation sites is 1. The highest BCUT2D eigenvalue weighted by atomic mass is 16.6. The largest absolute Gasteiger partial charge is 0.496 e. The summed E-state index contributed by atoms with van der Waals surface area (Å²) in [7, 11) is 1.63. The molecule has 2 N–H and O–H groups in total. The summed E-state index contributed by atoms with van der Waals surface area (Å²) in [6.07, 6.45) is 1.24. The van der Waals surface area contributed by atoms with Crippen LogP contribution < -0.4 is 10.5 Å². The Bertz CT molecular complexity index is 628. The smallest absolute Gasteiger partial charge is 0.269 e. The summed E-state index contributed by atoms with van der Waals surface area (Å²) in [4.78, 5) is 10.4. The van der Waals surface area contributed by atoms with Crippen molar-refractivity contribution in [2.75, 3.05) is 7.11 Å². The maximum absolute atomic E-state index is 10.8. The fourth-order valence-electron chi connectivity index (χ4n) is 2.33. The van der Waals surface area contributed by atoms with Crippen LogP contribution >= 0.6 is 0 Å². The van der Waals surface area contributed by atoms with Gasteiger partial charge in [-0.05, 0) is 30.0 Å². The minimum absolute atomic E-state index is 0.0944. The minimum atomic E-state index is -0.394. The highest BCUT2D eigenvalue weighted by molar-refractivity contribution is 5.36. The van der Waals surface area contributed by atoms with Gasteiger partial charge in [-0.2, -0.15) is 0 Å². The highest BCUT2D eigenvalue weighted by Crippen LogP contribution is 2.20. The fraction of sp³-hybridized carbons (Fsp3) is 0.250. The SMILES string of the molecule is COc1ccccc1CC(N)Cc1cccc([N+](=O)[O-])c1. The Hall–Kier alpha value is -2.40. The molecule has 2 aromatic rings. The van der Waals surface area contributed by atoms with Gasteiger partial charge < -0.3 is 10.5 Å². The number of hydrogen-bond acceptors (Lipinski definition) is 4. The van der Waals surface area contributed by atoms with Crippen molar-refractivity contribution >= 4 is 5.69 Å². The molecule has 0 heterocycles. The van der Waals surface area contributed by atoms with Crippen LogP contribution in [0, 0.1) is 10.1 Å². The van der Waals surface area contributed by atoms with E-state index in [9.17, 15) is 10.1 Å². The number of hydrogen-bond donors (Lipinski definition) is 1. The van der Waals surface area contributed by atoms with Gasteiger partial charge in [0.05, 0.1) is 12.0 Å². The molecule has 21 heavy (non-hydrogen) atoms. The molecule has 0 radical (unpaired) electrons. The number of nitro benzene ring substituents is 1. The second-order valence-electron chi connectivity index (χ2n) is 4.91. The number of nitro groups is 1. The summed E-state index contributed by atoms with van der Waals surface area (Å²) in [5.41, 5.74) is 8.16. The van der Waals surface area contributed by atoms with Gasteiger partial charge in [-0.1, -0.05) is 30.3 Å². The molecule has 0 spiro atoms. The Morgan fingerprint density at radius 1 is 1.19 bits per heavy atom. The fourth-order valence-corrected chi connectivity index (χ4v) is 2.33. The molecule has 2 rings (SSSR count). The molecule has 0 aliphatic carbocycles. The molecular weight excluding hydrogens is 268 g/mol. The number of nitrogens with zero attached hydrogens (tertiary/aromatic N) is 1. The van der Waals surface area contributed by atoms with Crippen LogP contribution in [0.1, 0.15) is 11.1 Å². The van der Waals surface area contributed by atoms with Gasteiger partial charge in [-0.15, -0.1) is 0 Å². The van der Waals surface area contributed by atoms with Crippen LogP contribution in [-0.4, -0.2) is 18.1 Å². The Balaban J connectivity index is 2.06. The van der Waals surface area contributed by atoms with E-state index in [0.29, 0.717) is 12.8 Å². The summed E-state index contributed by atoms with van der Waals surface area (Å²) in [5, 5.41) is 10.8. The van der Waals surface area contributed by atoms with Gasteiger partial charge in [-0.25, -0.2) is 0 Å². The van der Waals surface area contributed by atoms with Crippen molar-refractivity contribution < 1.29 is 9.66 Å². The molecule has 110 valence electrons. The number of rotatable bonds is 6. The predicted octanol–water partition coefficient (Wildman–Crippen LogP) is 2.72. The lowest BCUT2D eigenvalue weighted by Gasteiger charge is -2.14. The van der Waals surface area contributed by atoms with Crippen molar-refractivity contribution in [1.29, 1.82) is 0 Å². The van der Waals surface area contributed by atoms with Gasteiger partial charge >= 0.3 is 0 Å². The molecule has 1 unspecified atom stereocenters. The topological polar surface area (TPSA) is 78.4 Å².